The third kappa shape index (κ3) is 4.96. The summed E-state index contributed by atoms with van der Waals surface area (Å²) in [6.07, 6.45) is 1.86. The Bertz CT molecular complexity index is 935. The zero-order chi connectivity index (χ0) is 18.5. The van der Waals surface area contributed by atoms with Crippen LogP contribution >= 0.6 is 27.5 Å². The average Bonchev–Trinajstić information content (AvgIpc) is 2.63. The Morgan fingerprint density at radius 1 is 0.962 bits per heavy atom. The summed E-state index contributed by atoms with van der Waals surface area (Å²) in [4.78, 5) is 4.55. The van der Waals surface area contributed by atoms with Crippen molar-refractivity contribution in [2.24, 2.45) is 4.99 Å². The standard InChI is InChI=1S/C22H19BrClNO/c1-15-3-9-20(11-16(15)2)25-13-18-6-10-22(21(23)12-18)26-14-17-4-7-19(24)8-5-17/h3-13H,14H2,1-2H3. The fraction of sp³-hybridized carbons (Fsp3) is 0.136. The van der Waals surface area contributed by atoms with Gasteiger partial charge in [0.2, 0.25) is 0 Å². The van der Waals surface area contributed by atoms with E-state index in [1.807, 2.05) is 54.7 Å². The highest BCUT2D eigenvalue weighted by atomic mass is 79.9. The molecular weight excluding hydrogens is 410 g/mol. The highest BCUT2D eigenvalue weighted by Gasteiger charge is 2.03. The van der Waals surface area contributed by atoms with Crippen molar-refractivity contribution in [2.75, 3.05) is 0 Å². The maximum absolute atomic E-state index is 5.90. The molecule has 0 bridgehead atoms. The monoisotopic (exact) mass is 427 g/mol. The van der Waals surface area contributed by atoms with E-state index in [9.17, 15) is 0 Å². The lowest BCUT2D eigenvalue weighted by atomic mass is 10.1. The summed E-state index contributed by atoms with van der Waals surface area (Å²) in [6.45, 7) is 4.69. The third-order valence-corrected chi connectivity index (χ3v) is 4.99. The molecule has 0 aliphatic rings. The number of halogens is 2. The molecule has 0 heterocycles. The van der Waals surface area contributed by atoms with Crippen LogP contribution in [0.3, 0.4) is 0 Å². The minimum Gasteiger partial charge on any atom is -0.488 e. The molecule has 3 aromatic rings. The van der Waals surface area contributed by atoms with E-state index in [-0.39, 0.29) is 0 Å². The van der Waals surface area contributed by atoms with E-state index in [1.165, 1.54) is 11.1 Å². The summed E-state index contributed by atoms with van der Waals surface area (Å²) in [6, 6.07) is 19.8. The van der Waals surface area contributed by atoms with Crippen molar-refractivity contribution >= 4 is 39.4 Å². The first kappa shape index (κ1) is 18.7. The smallest absolute Gasteiger partial charge is 0.134 e. The van der Waals surface area contributed by atoms with Gasteiger partial charge in [0, 0.05) is 11.2 Å². The molecule has 0 radical (unpaired) electrons. The lowest BCUT2D eigenvalue weighted by Crippen LogP contribution is -1.96. The molecule has 0 aromatic heterocycles. The van der Waals surface area contributed by atoms with E-state index < -0.39 is 0 Å². The van der Waals surface area contributed by atoms with Gasteiger partial charge in [-0.05, 0) is 94.5 Å². The van der Waals surface area contributed by atoms with Gasteiger partial charge in [-0.1, -0.05) is 29.8 Å². The molecule has 2 nitrogen and oxygen atoms in total. The van der Waals surface area contributed by atoms with Gasteiger partial charge in [-0.15, -0.1) is 0 Å². The maximum atomic E-state index is 5.90. The van der Waals surface area contributed by atoms with E-state index in [4.69, 9.17) is 16.3 Å². The second-order valence-corrected chi connectivity index (χ2v) is 7.42. The lowest BCUT2D eigenvalue weighted by Gasteiger charge is -2.09. The largest absolute Gasteiger partial charge is 0.488 e. The number of nitrogens with zero attached hydrogens (tertiary/aromatic N) is 1. The molecule has 0 saturated heterocycles. The van der Waals surface area contributed by atoms with Crippen LogP contribution in [0.1, 0.15) is 22.3 Å². The minimum absolute atomic E-state index is 0.492. The molecule has 0 amide bonds. The van der Waals surface area contributed by atoms with Crippen LogP contribution in [-0.2, 0) is 6.61 Å². The second kappa shape index (κ2) is 8.52. The van der Waals surface area contributed by atoms with Crippen molar-refractivity contribution in [3.05, 3.63) is 92.4 Å². The molecule has 0 fully saturated rings. The fourth-order valence-corrected chi connectivity index (χ4v) is 3.05. The Morgan fingerprint density at radius 3 is 2.42 bits per heavy atom. The van der Waals surface area contributed by atoms with Gasteiger partial charge in [0.1, 0.15) is 12.4 Å². The molecule has 0 N–H and O–H groups in total. The molecule has 0 unspecified atom stereocenters. The maximum Gasteiger partial charge on any atom is 0.134 e. The number of benzene rings is 3. The van der Waals surface area contributed by atoms with Crippen molar-refractivity contribution in [1.29, 1.82) is 0 Å². The van der Waals surface area contributed by atoms with Crippen LogP contribution < -0.4 is 4.74 Å². The predicted octanol–water partition coefficient (Wildman–Crippen LogP) is 7.05. The topological polar surface area (TPSA) is 21.6 Å². The second-order valence-electron chi connectivity index (χ2n) is 6.13. The van der Waals surface area contributed by atoms with Gasteiger partial charge >= 0.3 is 0 Å². The molecule has 0 saturated carbocycles. The van der Waals surface area contributed by atoms with Crippen LogP contribution in [0.2, 0.25) is 5.02 Å². The number of hydrogen-bond acceptors (Lipinski definition) is 2. The Hall–Kier alpha value is -2.10. The van der Waals surface area contributed by atoms with Gasteiger partial charge in [-0.2, -0.15) is 0 Å². The van der Waals surface area contributed by atoms with Crippen molar-refractivity contribution in [1.82, 2.24) is 0 Å². The lowest BCUT2D eigenvalue weighted by molar-refractivity contribution is 0.304. The summed E-state index contributed by atoms with van der Waals surface area (Å²) in [5.41, 5.74) is 5.54. The van der Waals surface area contributed by atoms with Crippen molar-refractivity contribution < 1.29 is 4.74 Å². The molecule has 0 spiro atoms. The molecular formula is C22H19BrClNO. The normalized spacial score (nSPS) is 11.1. The number of ether oxygens (including phenoxy) is 1. The summed E-state index contributed by atoms with van der Waals surface area (Å²) in [5, 5.41) is 0.724. The van der Waals surface area contributed by atoms with Crippen LogP contribution in [0.4, 0.5) is 5.69 Å². The Balaban J connectivity index is 1.67. The van der Waals surface area contributed by atoms with Crippen LogP contribution in [0.15, 0.2) is 70.1 Å². The van der Waals surface area contributed by atoms with Crippen LogP contribution in [-0.4, -0.2) is 6.21 Å². The molecule has 3 rings (SSSR count). The molecule has 0 aliphatic carbocycles. The van der Waals surface area contributed by atoms with Gasteiger partial charge in [0.25, 0.3) is 0 Å². The Morgan fingerprint density at radius 2 is 1.73 bits per heavy atom. The SMILES string of the molecule is Cc1ccc(N=Cc2ccc(OCc3ccc(Cl)cc3)c(Br)c2)cc1C. The van der Waals surface area contributed by atoms with E-state index >= 15 is 0 Å². The highest BCUT2D eigenvalue weighted by molar-refractivity contribution is 9.10. The predicted molar refractivity (Wildman–Crippen MR) is 113 cm³/mol. The van der Waals surface area contributed by atoms with Crippen LogP contribution in [0, 0.1) is 13.8 Å². The number of aliphatic imine (C=N–C) groups is 1. The molecule has 132 valence electrons. The fourth-order valence-electron chi connectivity index (χ4n) is 2.41. The quantitative estimate of drug-likeness (QED) is 0.399. The first-order valence-corrected chi connectivity index (χ1v) is 9.46. The van der Waals surface area contributed by atoms with E-state index in [1.54, 1.807) is 0 Å². The van der Waals surface area contributed by atoms with E-state index in [2.05, 4.69) is 46.9 Å². The molecule has 0 aliphatic heterocycles. The highest BCUT2D eigenvalue weighted by Crippen LogP contribution is 2.27. The van der Waals surface area contributed by atoms with Crippen molar-refractivity contribution in [3.63, 3.8) is 0 Å². The minimum atomic E-state index is 0.492. The van der Waals surface area contributed by atoms with Gasteiger partial charge in [0.05, 0.1) is 10.2 Å². The molecule has 0 atom stereocenters. The zero-order valence-electron chi connectivity index (χ0n) is 14.7. The summed E-state index contributed by atoms with van der Waals surface area (Å²) >= 11 is 9.47. The van der Waals surface area contributed by atoms with Gasteiger partial charge in [-0.25, -0.2) is 0 Å². The van der Waals surface area contributed by atoms with E-state index in [0.29, 0.717) is 6.61 Å². The number of hydrogen-bond donors (Lipinski definition) is 0. The van der Waals surface area contributed by atoms with Gasteiger partial charge in [-0.3, -0.25) is 4.99 Å². The van der Waals surface area contributed by atoms with E-state index in [0.717, 1.165) is 32.1 Å². The molecule has 3 aromatic carbocycles. The first-order valence-electron chi connectivity index (χ1n) is 8.29. The third-order valence-electron chi connectivity index (χ3n) is 4.12. The summed E-state index contributed by atoms with van der Waals surface area (Å²) < 4.78 is 6.77. The van der Waals surface area contributed by atoms with Crippen molar-refractivity contribution in [3.8, 4) is 5.75 Å². The number of aryl methyl sites for hydroxylation is 2. The zero-order valence-corrected chi connectivity index (χ0v) is 17.0. The summed E-state index contributed by atoms with van der Waals surface area (Å²) in [7, 11) is 0. The van der Waals surface area contributed by atoms with Gasteiger partial charge in [0.15, 0.2) is 0 Å². The molecule has 4 heteroatoms. The van der Waals surface area contributed by atoms with Crippen LogP contribution in [0.25, 0.3) is 0 Å². The Labute approximate surface area is 167 Å². The average molecular weight is 429 g/mol. The number of rotatable bonds is 5. The Kier molecular flexibility index (Phi) is 6.12. The van der Waals surface area contributed by atoms with Crippen LogP contribution in [0.5, 0.6) is 5.75 Å². The molecule has 26 heavy (non-hydrogen) atoms. The van der Waals surface area contributed by atoms with Gasteiger partial charge < -0.3 is 4.74 Å². The summed E-state index contributed by atoms with van der Waals surface area (Å²) in [5.74, 6) is 0.795. The first-order chi connectivity index (χ1) is 12.5. The van der Waals surface area contributed by atoms with Crippen molar-refractivity contribution in [2.45, 2.75) is 20.5 Å².